The fourth-order valence-electron chi connectivity index (χ4n) is 11.8. The third kappa shape index (κ3) is 24.3. The number of aliphatic hydroxyl groups is 1. The van der Waals surface area contributed by atoms with E-state index in [1.165, 1.54) is 50.3 Å². The van der Waals surface area contributed by atoms with Crippen LogP contribution in [0.1, 0.15) is 114 Å². The number of anilines is 2. The molecule has 109 heavy (non-hydrogen) atoms. The van der Waals surface area contributed by atoms with Crippen molar-refractivity contribution < 1.29 is 110 Å². The Hall–Kier alpha value is -9.38. The molecular formula is C77H105N9O23. The topological polar surface area (TPSA) is 367 Å². The number of hydrogen-bond acceptors (Lipinski definition) is 24. The van der Waals surface area contributed by atoms with Crippen molar-refractivity contribution in [3.63, 3.8) is 0 Å². The average Bonchev–Trinajstić information content (AvgIpc) is 1.68. The highest BCUT2D eigenvalue weighted by Gasteiger charge is 2.47. The van der Waals surface area contributed by atoms with E-state index in [1.807, 2.05) is 47.7 Å². The van der Waals surface area contributed by atoms with Crippen LogP contribution in [0.25, 0.3) is 0 Å². The van der Waals surface area contributed by atoms with Gasteiger partial charge in [0.1, 0.15) is 24.3 Å². The number of nitrogens with zero attached hydrogens (tertiary/aromatic N) is 5. The number of hydrogen-bond donors (Lipinski definition) is 5. The summed E-state index contributed by atoms with van der Waals surface area (Å²) in [5.74, 6) is -2.60. The molecule has 5 heterocycles. The second-order valence-corrected chi connectivity index (χ2v) is 28.0. The normalized spacial score (nSPS) is 17.2. The van der Waals surface area contributed by atoms with Gasteiger partial charge in [-0.2, -0.15) is 0 Å². The van der Waals surface area contributed by atoms with E-state index >= 15 is 0 Å². The fraction of sp³-hybridized carbons (Fsp3) is 0.558. The number of fused-ring (bicyclic) bond motifs is 4. The highest BCUT2D eigenvalue weighted by molar-refractivity contribution is 6.13. The Bertz CT molecular complexity index is 3770. The third-order valence-corrected chi connectivity index (χ3v) is 18.7. The molecule has 9 amide bonds. The molecule has 3 aromatic carbocycles. The number of aliphatic imine (C=N–C) groups is 1. The summed E-state index contributed by atoms with van der Waals surface area (Å²) in [6.07, 6.45) is 6.05. The van der Waals surface area contributed by atoms with Crippen molar-refractivity contribution >= 4 is 76.6 Å². The molecule has 0 radical (unpaired) electrons. The summed E-state index contributed by atoms with van der Waals surface area (Å²) >= 11 is 0. The number of rotatable bonds is 46. The Morgan fingerprint density at radius 3 is 1.72 bits per heavy atom. The second-order valence-electron chi connectivity index (χ2n) is 28.0. The van der Waals surface area contributed by atoms with Crippen molar-refractivity contribution in [3.05, 3.63) is 101 Å². The van der Waals surface area contributed by atoms with Crippen LogP contribution in [0, 0.1) is 11.3 Å². The Kier molecular flexibility index (Phi) is 32.4. The molecular weight excluding hydrogens is 1420 g/mol. The lowest BCUT2D eigenvalue weighted by Crippen LogP contribution is -2.53. The Morgan fingerprint density at radius 2 is 1.14 bits per heavy atom. The van der Waals surface area contributed by atoms with Crippen LogP contribution in [0.4, 0.5) is 21.9 Å². The maximum atomic E-state index is 14.5. The van der Waals surface area contributed by atoms with Crippen molar-refractivity contribution in [2.24, 2.45) is 16.3 Å². The molecule has 0 unspecified atom stereocenters. The first-order valence-electron chi connectivity index (χ1n) is 36.6. The van der Waals surface area contributed by atoms with Crippen LogP contribution < -0.4 is 45.1 Å². The predicted octanol–water partition coefficient (Wildman–Crippen LogP) is 5.93. The van der Waals surface area contributed by atoms with Gasteiger partial charge in [-0.05, 0) is 83.2 Å². The minimum Gasteiger partial charge on any atom is -0.493 e. The number of aliphatic hydroxyl groups excluding tert-OH is 1. The zero-order valence-electron chi connectivity index (χ0n) is 64.1. The number of ether oxygens (including phenoxy) is 13. The number of benzene rings is 3. The highest BCUT2D eigenvalue weighted by atomic mass is 16.6. The van der Waals surface area contributed by atoms with E-state index in [2.05, 4.69) is 21.3 Å². The number of imide groups is 1. The summed E-state index contributed by atoms with van der Waals surface area (Å²) in [5.41, 5.74) is 1.87. The third-order valence-electron chi connectivity index (χ3n) is 18.7. The molecule has 5 atom stereocenters. The van der Waals surface area contributed by atoms with E-state index in [0.29, 0.717) is 133 Å². The van der Waals surface area contributed by atoms with Crippen LogP contribution in [0.3, 0.4) is 0 Å². The first-order chi connectivity index (χ1) is 52.2. The molecule has 0 aromatic heterocycles. The average molecular weight is 1520 g/mol. The number of amides is 9. The van der Waals surface area contributed by atoms with Crippen molar-refractivity contribution in [3.8, 4) is 23.0 Å². The van der Waals surface area contributed by atoms with Gasteiger partial charge in [-0.15, -0.1) is 0 Å². The Morgan fingerprint density at radius 1 is 0.606 bits per heavy atom. The molecule has 32 heteroatoms. The van der Waals surface area contributed by atoms with Crippen LogP contribution in [0.2, 0.25) is 0 Å². The van der Waals surface area contributed by atoms with Gasteiger partial charge >= 0.3 is 6.09 Å². The van der Waals surface area contributed by atoms with Crippen LogP contribution in [-0.4, -0.2) is 255 Å². The molecule has 0 spiro atoms. The van der Waals surface area contributed by atoms with Crippen LogP contribution in [0.5, 0.6) is 23.0 Å². The second kappa shape index (κ2) is 41.4. The number of carbonyl (C=O) groups excluding carboxylic acids is 9. The quantitative estimate of drug-likeness (QED) is 0.0323. The van der Waals surface area contributed by atoms with Crippen molar-refractivity contribution in [2.45, 2.75) is 131 Å². The van der Waals surface area contributed by atoms with E-state index in [0.717, 1.165) is 20.9 Å². The summed E-state index contributed by atoms with van der Waals surface area (Å²) in [6, 6.07) is 9.71. The summed E-state index contributed by atoms with van der Waals surface area (Å²) in [7, 11) is 2.93. The standard InChI is InChI=1S/C77H105N9O23/c1-49(2)69(82-66(88)19-22-99-24-26-101-28-30-103-32-34-105-36-37-106-35-33-104-31-29-102-27-25-100-23-20-78-65(87)18-21-83-67(89)16-17-68(83)90)71(92)80-52(5)70(91)81-54-14-12-53(13-15-54)47-107-75(96)86-59-43-63(61(97-10)41-57(59)73(94)85-46-51(4)39-60(85)74(86)95)108-48-76(6,7)77(8,9)109-64-42-58-56(40-62(64)98-11)72(93)84-45-50(3)38-55(84)44-79-58/h12-17,40-46,49,52,55,60,69,74,95H,18-39,47-48H2,1-11H3,(H,78,87)(H,80,92)(H,81,91)(H,82,88)/t52-,55-,60-,69-,74-/m0/s1. The van der Waals surface area contributed by atoms with Gasteiger partial charge in [0.05, 0.1) is 161 Å². The number of carbonyl (C=O) groups is 9. The van der Waals surface area contributed by atoms with Gasteiger partial charge in [-0.3, -0.25) is 48.2 Å². The van der Waals surface area contributed by atoms with E-state index in [-0.39, 0.29) is 105 Å². The highest BCUT2D eigenvalue weighted by Crippen LogP contribution is 2.46. The van der Waals surface area contributed by atoms with Crippen LogP contribution in [0.15, 0.2) is 89.2 Å². The molecule has 5 N–H and O–H groups in total. The van der Waals surface area contributed by atoms with Gasteiger partial charge in [0, 0.05) is 79.9 Å². The summed E-state index contributed by atoms with van der Waals surface area (Å²) in [6.45, 7) is 22.0. The van der Waals surface area contributed by atoms with E-state index in [4.69, 9.17) is 66.6 Å². The van der Waals surface area contributed by atoms with Crippen molar-refractivity contribution in [1.29, 1.82) is 0 Å². The molecule has 3 aromatic rings. The smallest absolute Gasteiger partial charge is 0.416 e. The maximum Gasteiger partial charge on any atom is 0.416 e. The number of methoxy groups -OCH3 is 2. The van der Waals surface area contributed by atoms with Gasteiger partial charge in [0.2, 0.25) is 23.6 Å². The van der Waals surface area contributed by atoms with E-state index in [9.17, 15) is 48.3 Å². The fourth-order valence-corrected chi connectivity index (χ4v) is 11.8. The summed E-state index contributed by atoms with van der Waals surface area (Å²) in [4.78, 5) is 127. The molecule has 0 saturated carbocycles. The van der Waals surface area contributed by atoms with E-state index < -0.39 is 76.9 Å². The predicted molar refractivity (Wildman–Crippen MR) is 398 cm³/mol. The molecule has 5 aliphatic heterocycles. The van der Waals surface area contributed by atoms with Crippen LogP contribution >= 0.6 is 0 Å². The molecule has 0 saturated heterocycles. The van der Waals surface area contributed by atoms with Gasteiger partial charge in [-0.1, -0.05) is 51.0 Å². The minimum atomic E-state index is -1.57. The molecule has 0 fully saturated rings. The SMILES string of the molecule is COc1cc2c(cc1OCC(C)(C)C(C)(C)Oc1cc3c(cc1OC)C(=O)N1C=C(C)C[C@H]1C=N3)N(C(=O)OCc1ccc(NC(=O)[C@H](C)NC(=O)[C@@H](NC(=O)CCOCCOCCOCCOCCOCCOCCOCCOCCNC(=O)CCN3C(=O)C=CC3=O)C(C)C)cc1)[C@@H](O)[C@@H]1CC(C)=CN1C2=O. The first kappa shape index (κ1) is 85.2. The number of nitrogens with one attached hydrogen (secondary N) is 4. The van der Waals surface area contributed by atoms with Gasteiger partial charge < -0.3 is 97.8 Å². The zero-order valence-corrected chi connectivity index (χ0v) is 64.1. The van der Waals surface area contributed by atoms with Gasteiger partial charge in [0.15, 0.2) is 29.2 Å². The maximum absolute atomic E-state index is 14.5. The Balaban J connectivity index is 0.682. The lowest BCUT2D eigenvalue weighted by molar-refractivity contribution is -0.137. The first-order valence-corrected chi connectivity index (χ1v) is 36.6. The van der Waals surface area contributed by atoms with Crippen molar-refractivity contribution in [2.75, 3.05) is 150 Å². The van der Waals surface area contributed by atoms with Gasteiger partial charge in [0.25, 0.3) is 23.6 Å². The molecule has 596 valence electrons. The van der Waals surface area contributed by atoms with Crippen LogP contribution in [-0.2, 0) is 78.0 Å². The molecule has 0 bridgehead atoms. The van der Waals surface area contributed by atoms with Crippen molar-refractivity contribution in [1.82, 2.24) is 30.7 Å². The Labute approximate surface area is 635 Å². The summed E-state index contributed by atoms with van der Waals surface area (Å²) in [5, 5.41) is 23.0. The molecule has 32 nitrogen and oxygen atoms in total. The zero-order chi connectivity index (χ0) is 78.8. The minimum absolute atomic E-state index is 0.00663. The van der Waals surface area contributed by atoms with Gasteiger partial charge in [-0.25, -0.2) is 9.69 Å². The molecule has 0 aliphatic carbocycles. The molecule has 8 rings (SSSR count). The lowest BCUT2D eigenvalue weighted by atomic mass is 9.77. The molecule has 5 aliphatic rings. The summed E-state index contributed by atoms with van der Waals surface area (Å²) < 4.78 is 74.8. The monoisotopic (exact) mass is 1520 g/mol. The largest absolute Gasteiger partial charge is 0.493 e. The van der Waals surface area contributed by atoms with E-state index in [1.54, 1.807) is 67.6 Å². The lowest BCUT2D eigenvalue weighted by Gasteiger charge is -2.41.